The highest BCUT2D eigenvalue weighted by atomic mass is 35.5. The quantitative estimate of drug-likeness (QED) is 0.229. The van der Waals surface area contributed by atoms with Crippen LogP contribution in [0.2, 0.25) is 5.02 Å². The molecule has 3 aromatic rings. The summed E-state index contributed by atoms with van der Waals surface area (Å²) in [6.07, 6.45) is 0.327. The molecule has 1 heterocycles. The normalized spacial score (nSPS) is 16.1. The second-order valence-electron chi connectivity index (χ2n) is 9.53. The number of nitrogens with one attached hydrogen (secondary N) is 2. The van der Waals surface area contributed by atoms with Crippen molar-refractivity contribution in [2.45, 2.75) is 31.9 Å². The van der Waals surface area contributed by atoms with Gasteiger partial charge < -0.3 is 21.1 Å². The van der Waals surface area contributed by atoms with Crippen molar-refractivity contribution in [2.75, 3.05) is 28.7 Å². The lowest BCUT2D eigenvalue weighted by molar-refractivity contribution is -0.118. The average Bonchev–Trinajstić information content (AvgIpc) is 2.96. The van der Waals surface area contributed by atoms with Gasteiger partial charge in [0, 0.05) is 35.4 Å². The van der Waals surface area contributed by atoms with E-state index in [2.05, 4.69) is 10.6 Å². The summed E-state index contributed by atoms with van der Waals surface area (Å²) >= 11 is 13.3. The Kier molecular flexibility index (Phi) is 9.10. The molecule has 11 heteroatoms. The van der Waals surface area contributed by atoms with Gasteiger partial charge in [0.2, 0.25) is 11.8 Å². The third kappa shape index (κ3) is 6.58. The van der Waals surface area contributed by atoms with Crippen LogP contribution < -0.4 is 26.2 Å². The van der Waals surface area contributed by atoms with Crippen LogP contribution in [0.3, 0.4) is 0 Å². The Morgan fingerprint density at radius 2 is 1.78 bits per heavy atom. The summed E-state index contributed by atoms with van der Waals surface area (Å²) in [5.41, 5.74) is 9.67. The average molecular weight is 597 g/mol. The second kappa shape index (κ2) is 12.5. The van der Waals surface area contributed by atoms with E-state index >= 15 is 0 Å². The molecule has 0 bridgehead atoms. The van der Waals surface area contributed by atoms with Crippen LogP contribution in [-0.2, 0) is 20.9 Å². The highest BCUT2D eigenvalue weighted by Crippen LogP contribution is 2.45. The standard InChI is InChI=1S/C30H31Cl2N5O4/c1-4-25(38)35-21-11-8-12-22(16-21)36(3)29(40)34-17-26(39)37-24-14-13-20(31)15-23(24)27(33)28(30(37,2)32)41-18-19-9-6-5-7-10-19/h5-16H,4,17-18,33H2,1-3H3,(H,34,40)(H,35,38). The highest BCUT2D eigenvalue weighted by molar-refractivity contribution is 6.32. The van der Waals surface area contributed by atoms with E-state index in [0.717, 1.165) is 5.56 Å². The van der Waals surface area contributed by atoms with Crippen LogP contribution in [-0.4, -0.2) is 36.4 Å². The number of fused-ring (bicyclic) bond motifs is 1. The molecule has 1 aliphatic rings. The fourth-order valence-corrected chi connectivity index (χ4v) is 4.94. The summed E-state index contributed by atoms with van der Waals surface area (Å²) in [6, 6.07) is 20.7. The minimum absolute atomic E-state index is 0.145. The van der Waals surface area contributed by atoms with Crippen LogP contribution >= 0.6 is 23.2 Å². The van der Waals surface area contributed by atoms with E-state index in [4.69, 9.17) is 33.7 Å². The monoisotopic (exact) mass is 595 g/mol. The molecular weight excluding hydrogens is 565 g/mol. The number of carbonyl (C=O) groups is 3. The molecule has 0 fully saturated rings. The van der Waals surface area contributed by atoms with Crippen LogP contribution in [0, 0.1) is 0 Å². The van der Waals surface area contributed by atoms with Gasteiger partial charge in [-0.05, 0) is 48.9 Å². The third-order valence-corrected chi connectivity index (χ3v) is 7.15. The molecule has 4 amide bonds. The Morgan fingerprint density at radius 1 is 1.05 bits per heavy atom. The van der Waals surface area contributed by atoms with E-state index in [1.165, 1.54) is 9.80 Å². The number of halogens is 2. The molecule has 0 aromatic heterocycles. The van der Waals surface area contributed by atoms with E-state index in [1.807, 2.05) is 30.3 Å². The summed E-state index contributed by atoms with van der Waals surface area (Å²) < 4.78 is 6.10. The molecule has 0 spiro atoms. The number of hydrogen-bond donors (Lipinski definition) is 3. The fourth-order valence-electron chi connectivity index (χ4n) is 4.43. The zero-order valence-corrected chi connectivity index (χ0v) is 24.4. The second-order valence-corrected chi connectivity index (χ2v) is 10.7. The highest BCUT2D eigenvalue weighted by Gasteiger charge is 2.46. The van der Waals surface area contributed by atoms with Crippen LogP contribution in [0.25, 0.3) is 5.70 Å². The van der Waals surface area contributed by atoms with Crippen molar-refractivity contribution < 1.29 is 19.1 Å². The molecule has 1 aliphatic heterocycles. The van der Waals surface area contributed by atoms with Crippen molar-refractivity contribution in [1.82, 2.24) is 5.32 Å². The number of anilines is 3. The molecule has 0 radical (unpaired) electrons. The SMILES string of the molecule is CCC(=O)Nc1cccc(N(C)C(=O)NCC(=O)N2c3ccc(Cl)cc3C(N)=C(OCc3ccccc3)C2(C)Cl)c1. The number of nitrogens with two attached hydrogens (primary N) is 1. The first-order valence-corrected chi connectivity index (χ1v) is 13.7. The Balaban J connectivity index is 1.54. The van der Waals surface area contributed by atoms with Gasteiger partial charge in [0.25, 0.3) is 0 Å². The number of alkyl halides is 1. The topological polar surface area (TPSA) is 117 Å². The number of urea groups is 1. The van der Waals surface area contributed by atoms with E-state index in [1.54, 1.807) is 63.4 Å². The summed E-state index contributed by atoms with van der Waals surface area (Å²) in [6.45, 7) is 3.17. The number of carbonyl (C=O) groups excluding carboxylic acids is 3. The molecule has 4 rings (SSSR count). The minimum atomic E-state index is -1.50. The number of ether oxygens (including phenoxy) is 1. The van der Waals surface area contributed by atoms with Crippen LogP contribution in [0.1, 0.15) is 31.4 Å². The molecule has 9 nitrogen and oxygen atoms in total. The first kappa shape index (κ1) is 29.8. The summed E-state index contributed by atoms with van der Waals surface area (Å²) in [5.74, 6) is -0.445. The van der Waals surface area contributed by atoms with Crippen LogP contribution in [0.4, 0.5) is 21.9 Å². The van der Waals surface area contributed by atoms with Crippen molar-refractivity contribution >= 4 is 63.8 Å². The van der Waals surface area contributed by atoms with Crippen molar-refractivity contribution in [3.63, 3.8) is 0 Å². The van der Waals surface area contributed by atoms with Gasteiger partial charge in [-0.2, -0.15) is 0 Å². The summed E-state index contributed by atoms with van der Waals surface area (Å²) in [7, 11) is 1.56. The van der Waals surface area contributed by atoms with E-state index < -0.39 is 16.9 Å². The predicted molar refractivity (Wildman–Crippen MR) is 163 cm³/mol. The predicted octanol–water partition coefficient (Wildman–Crippen LogP) is 5.68. The van der Waals surface area contributed by atoms with Crippen molar-refractivity contribution in [2.24, 2.45) is 5.73 Å². The smallest absolute Gasteiger partial charge is 0.322 e. The van der Waals surface area contributed by atoms with Gasteiger partial charge in [-0.1, -0.05) is 66.5 Å². The molecule has 0 saturated heterocycles. The molecule has 4 N–H and O–H groups in total. The van der Waals surface area contributed by atoms with Gasteiger partial charge >= 0.3 is 6.03 Å². The lowest BCUT2D eigenvalue weighted by Gasteiger charge is -2.42. The molecule has 3 aromatic carbocycles. The number of benzene rings is 3. The summed E-state index contributed by atoms with van der Waals surface area (Å²) in [5, 5.41) is 5.83. The van der Waals surface area contributed by atoms with E-state index in [0.29, 0.717) is 34.1 Å². The van der Waals surface area contributed by atoms with Crippen molar-refractivity contribution in [3.05, 3.63) is 94.7 Å². The van der Waals surface area contributed by atoms with Gasteiger partial charge in [0.15, 0.2) is 10.8 Å². The lowest BCUT2D eigenvalue weighted by Crippen LogP contribution is -2.54. The van der Waals surface area contributed by atoms with Gasteiger partial charge in [-0.3, -0.25) is 19.4 Å². The summed E-state index contributed by atoms with van der Waals surface area (Å²) in [4.78, 5) is 39.6. The zero-order valence-electron chi connectivity index (χ0n) is 22.9. The first-order chi connectivity index (χ1) is 19.5. The van der Waals surface area contributed by atoms with Crippen LogP contribution in [0.15, 0.2) is 78.6 Å². The Morgan fingerprint density at radius 3 is 2.49 bits per heavy atom. The van der Waals surface area contributed by atoms with Gasteiger partial charge in [-0.25, -0.2) is 4.79 Å². The molecule has 1 atom stereocenters. The molecule has 41 heavy (non-hydrogen) atoms. The van der Waals surface area contributed by atoms with Crippen LogP contribution in [0.5, 0.6) is 0 Å². The van der Waals surface area contributed by atoms with Crippen molar-refractivity contribution in [1.29, 1.82) is 0 Å². The number of rotatable bonds is 8. The van der Waals surface area contributed by atoms with Crippen molar-refractivity contribution in [3.8, 4) is 0 Å². The maximum Gasteiger partial charge on any atom is 0.322 e. The number of nitrogens with zero attached hydrogens (tertiary/aromatic N) is 2. The Labute approximate surface area is 248 Å². The number of hydrogen-bond acceptors (Lipinski definition) is 5. The minimum Gasteiger partial charge on any atom is -0.487 e. The Bertz CT molecular complexity index is 1490. The number of amides is 4. The van der Waals surface area contributed by atoms with Gasteiger partial charge in [-0.15, -0.1) is 0 Å². The molecule has 0 aliphatic carbocycles. The van der Waals surface area contributed by atoms with E-state index in [9.17, 15) is 14.4 Å². The zero-order chi connectivity index (χ0) is 29.7. The Hall–Kier alpha value is -4.21. The maximum atomic E-state index is 13.7. The third-order valence-electron chi connectivity index (χ3n) is 6.58. The largest absolute Gasteiger partial charge is 0.487 e. The molecule has 1 unspecified atom stereocenters. The molecule has 214 valence electrons. The molecule has 0 saturated carbocycles. The first-order valence-electron chi connectivity index (χ1n) is 12.9. The lowest BCUT2D eigenvalue weighted by atomic mass is 9.98. The van der Waals surface area contributed by atoms with Gasteiger partial charge in [0.05, 0.1) is 17.9 Å². The van der Waals surface area contributed by atoms with E-state index in [-0.39, 0.29) is 30.5 Å². The molecular formula is C30H31Cl2N5O4. The maximum absolute atomic E-state index is 13.7. The fraction of sp³-hybridized carbons (Fsp3) is 0.233. The van der Waals surface area contributed by atoms with Gasteiger partial charge in [0.1, 0.15) is 6.61 Å².